The third-order valence-electron chi connectivity index (χ3n) is 3.73. The molecular weight excluding hydrogens is 254 g/mol. The van der Waals surface area contributed by atoms with Gasteiger partial charge in [0.15, 0.2) is 0 Å². The normalized spacial score (nSPS) is 27.6. The highest BCUT2D eigenvalue weighted by molar-refractivity contribution is 8.00. The maximum Gasteiger partial charge on any atom is 0.128 e. The Kier molecular flexibility index (Phi) is 3.99. The van der Waals surface area contributed by atoms with Crippen LogP contribution < -0.4 is 10.2 Å². The van der Waals surface area contributed by atoms with Crippen LogP contribution in [0.25, 0.3) is 0 Å². The van der Waals surface area contributed by atoms with Crippen LogP contribution in [0.3, 0.4) is 0 Å². The summed E-state index contributed by atoms with van der Waals surface area (Å²) in [6.45, 7) is 7.83. The molecule has 1 aliphatic carbocycles. The molecule has 2 fully saturated rings. The molecule has 3 rings (SSSR count). The van der Waals surface area contributed by atoms with Crippen molar-refractivity contribution >= 4 is 17.6 Å². The molecule has 1 saturated heterocycles. The van der Waals surface area contributed by atoms with E-state index in [4.69, 9.17) is 0 Å². The lowest BCUT2D eigenvalue weighted by molar-refractivity contribution is 0.683. The number of hydrogen-bond acceptors (Lipinski definition) is 4. The lowest BCUT2D eigenvalue weighted by Crippen LogP contribution is -2.40. The van der Waals surface area contributed by atoms with E-state index in [9.17, 15) is 0 Å². The summed E-state index contributed by atoms with van der Waals surface area (Å²) in [6.07, 6.45) is 4.64. The Hall–Kier alpha value is -0.740. The maximum absolute atomic E-state index is 4.56. The first kappa shape index (κ1) is 13.3. The van der Waals surface area contributed by atoms with Gasteiger partial charge in [-0.25, -0.2) is 4.98 Å². The van der Waals surface area contributed by atoms with E-state index in [0.29, 0.717) is 10.5 Å². The highest BCUT2D eigenvalue weighted by atomic mass is 32.2. The molecule has 0 spiro atoms. The van der Waals surface area contributed by atoms with E-state index in [2.05, 4.69) is 52.9 Å². The largest absolute Gasteiger partial charge is 0.354 e. The standard InChI is InChI=1S/C15H23N3S/c1-11-9-18(10-12(2)19-11)15-7-13(5-6-16-15)8-17-14-3-4-14/h5-7,11-12,14,17H,3-4,8-10H2,1-2H3. The van der Waals surface area contributed by atoms with Gasteiger partial charge in [0.2, 0.25) is 0 Å². The van der Waals surface area contributed by atoms with Gasteiger partial charge in [-0.15, -0.1) is 0 Å². The molecule has 104 valence electrons. The first-order valence-corrected chi connectivity index (χ1v) is 8.23. The van der Waals surface area contributed by atoms with E-state index in [1.165, 1.54) is 18.4 Å². The summed E-state index contributed by atoms with van der Waals surface area (Å²) < 4.78 is 0. The van der Waals surface area contributed by atoms with E-state index in [0.717, 1.165) is 31.5 Å². The molecule has 2 heterocycles. The van der Waals surface area contributed by atoms with Crippen LogP contribution in [0.2, 0.25) is 0 Å². The smallest absolute Gasteiger partial charge is 0.128 e. The molecule has 1 N–H and O–H groups in total. The second kappa shape index (κ2) is 5.71. The van der Waals surface area contributed by atoms with Crippen molar-refractivity contribution in [2.24, 2.45) is 0 Å². The summed E-state index contributed by atoms with van der Waals surface area (Å²) in [5.74, 6) is 1.15. The fraction of sp³-hybridized carbons (Fsp3) is 0.667. The summed E-state index contributed by atoms with van der Waals surface area (Å²) in [5, 5.41) is 4.96. The van der Waals surface area contributed by atoms with Gasteiger partial charge in [-0.05, 0) is 30.5 Å². The van der Waals surface area contributed by atoms with Gasteiger partial charge >= 0.3 is 0 Å². The number of pyridine rings is 1. The second-order valence-electron chi connectivity index (χ2n) is 5.84. The van der Waals surface area contributed by atoms with Gasteiger partial charge < -0.3 is 10.2 Å². The number of rotatable bonds is 4. The van der Waals surface area contributed by atoms with Gasteiger partial charge in [-0.1, -0.05) is 13.8 Å². The van der Waals surface area contributed by atoms with Crippen molar-refractivity contribution in [3.8, 4) is 0 Å². The van der Waals surface area contributed by atoms with Crippen LogP contribution >= 0.6 is 11.8 Å². The number of nitrogens with one attached hydrogen (secondary N) is 1. The Balaban J connectivity index is 1.66. The summed E-state index contributed by atoms with van der Waals surface area (Å²) in [6, 6.07) is 5.15. The second-order valence-corrected chi connectivity index (χ2v) is 7.72. The zero-order valence-corrected chi connectivity index (χ0v) is 12.6. The minimum absolute atomic E-state index is 0.693. The monoisotopic (exact) mass is 277 g/mol. The van der Waals surface area contributed by atoms with Gasteiger partial charge in [-0.3, -0.25) is 0 Å². The minimum atomic E-state index is 0.693. The fourth-order valence-corrected chi connectivity index (χ4v) is 3.98. The van der Waals surface area contributed by atoms with Crippen LogP contribution in [-0.2, 0) is 6.54 Å². The van der Waals surface area contributed by atoms with E-state index >= 15 is 0 Å². The molecule has 4 heteroatoms. The first-order chi connectivity index (χ1) is 9.20. The molecule has 1 saturated carbocycles. The molecule has 0 aromatic carbocycles. The van der Waals surface area contributed by atoms with Crippen molar-refractivity contribution in [3.63, 3.8) is 0 Å². The molecule has 19 heavy (non-hydrogen) atoms. The van der Waals surface area contributed by atoms with Crippen molar-refractivity contribution in [2.75, 3.05) is 18.0 Å². The molecule has 3 nitrogen and oxygen atoms in total. The first-order valence-electron chi connectivity index (χ1n) is 7.29. The van der Waals surface area contributed by atoms with Gasteiger partial charge in [0.25, 0.3) is 0 Å². The van der Waals surface area contributed by atoms with E-state index in [1.54, 1.807) is 0 Å². The third kappa shape index (κ3) is 3.63. The molecule has 2 unspecified atom stereocenters. The van der Waals surface area contributed by atoms with Gasteiger partial charge in [0, 0.05) is 42.4 Å². The molecule has 0 radical (unpaired) electrons. The number of thioether (sulfide) groups is 1. The van der Waals surface area contributed by atoms with Crippen LogP contribution in [0.4, 0.5) is 5.82 Å². The molecular formula is C15H23N3S. The summed E-state index contributed by atoms with van der Waals surface area (Å²) in [4.78, 5) is 7.00. The number of aromatic nitrogens is 1. The van der Waals surface area contributed by atoms with E-state index < -0.39 is 0 Å². The molecule has 1 aromatic heterocycles. The van der Waals surface area contributed by atoms with Crippen molar-refractivity contribution in [2.45, 2.75) is 49.8 Å². The zero-order valence-electron chi connectivity index (χ0n) is 11.8. The van der Waals surface area contributed by atoms with Crippen LogP contribution in [-0.4, -0.2) is 34.6 Å². The van der Waals surface area contributed by atoms with Crippen LogP contribution in [0.15, 0.2) is 18.3 Å². The number of anilines is 1. The van der Waals surface area contributed by atoms with Crippen LogP contribution in [0.1, 0.15) is 32.3 Å². The Morgan fingerprint density at radius 3 is 2.74 bits per heavy atom. The maximum atomic E-state index is 4.56. The molecule has 1 aliphatic heterocycles. The molecule has 2 aliphatic rings. The van der Waals surface area contributed by atoms with Gasteiger partial charge in [0.1, 0.15) is 5.82 Å². The van der Waals surface area contributed by atoms with Crippen molar-refractivity contribution in [1.29, 1.82) is 0 Å². The van der Waals surface area contributed by atoms with Crippen LogP contribution in [0, 0.1) is 0 Å². The molecule has 2 atom stereocenters. The zero-order chi connectivity index (χ0) is 13.2. The Morgan fingerprint density at radius 1 is 1.32 bits per heavy atom. The van der Waals surface area contributed by atoms with Gasteiger partial charge in [0.05, 0.1) is 0 Å². The Bertz CT molecular complexity index is 423. The lowest BCUT2D eigenvalue weighted by atomic mass is 10.2. The number of nitrogens with zero attached hydrogens (tertiary/aromatic N) is 2. The molecule has 1 aromatic rings. The van der Waals surface area contributed by atoms with Gasteiger partial charge in [-0.2, -0.15) is 11.8 Å². The third-order valence-corrected chi connectivity index (χ3v) is 4.95. The Labute approximate surface area is 120 Å². The average molecular weight is 277 g/mol. The number of hydrogen-bond donors (Lipinski definition) is 1. The van der Waals surface area contributed by atoms with Crippen molar-refractivity contribution in [3.05, 3.63) is 23.9 Å². The van der Waals surface area contributed by atoms with E-state index in [-0.39, 0.29) is 0 Å². The minimum Gasteiger partial charge on any atom is -0.354 e. The molecule has 0 amide bonds. The predicted octanol–water partition coefficient (Wildman–Crippen LogP) is 2.66. The highest BCUT2D eigenvalue weighted by Crippen LogP contribution is 2.28. The quantitative estimate of drug-likeness (QED) is 0.916. The summed E-state index contributed by atoms with van der Waals surface area (Å²) >= 11 is 2.08. The van der Waals surface area contributed by atoms with Crippen molar-refractivity contribution in [1.82, 2.24) is 10.3 Å². The Morgan fingerprint density at radius 2 is 2.05 bits per heavy atom. The van der Waals surface area contributed by atoms with E-state index in [1.807, 2.05) is 6.20 Å². The average Bonchev–Trinajstić information content (AvgIpc) is 3.20. The highest BCUT2D eigenvalue weighted by Gasteiger charge is 2.23. The SMILES string of the molecule is CC1CN(c2cc(CNC3CC3)ccn2)CC(C)S1. The topological polar surface area (TPSA) is 28.2 Å². The summed E-state index contributed by atoms with van der Waals surface area (Å²) in [5.41, 5.74) is 1.36. The van der Waals surface area contributed by atoms with Crippen molar-refractivity contribution < 1.29 is 0 Å². The lowest BCUT2D eigenvalue weighted by Gasteiger charge is -2.35. The summed E-state index contributed by atoms with van der Waals surface area (Å²) in [7, 11) is 0. The predicted molar refractivity (Wildman–Crippen MR) is 82.8 cm³/mol. The molecule has 0 bridgehead atoms. The fourth-order valence-electron chi connectivity index (χ4n) is 2.66. The van der Waals surface area contributed by atoms with Crippen LogP contribution in [0.5, 0.6) is 0 Å².